The summed E-state index contributed by atoms with van der Waals surface area (Å²) in [6, 6.07) is 4.56. The van der Waals surface area contributed by atoms with E-state index in [4.69, 9.17) is 9.84 Å². The average molecular weight is 334 g/mol. The standard InChI is InChI=1S/C17H22N2O5/c1-4-12(17(22)23)18-16(21)11-8-15(20)19(9-11)13-7-10(2)5-6-14(13)24-3/h5-7,11-12H,4,8-9H2,1-3H3,(H,18,21)(H,22,23)/t11-,12-/m0/s1. The van der Waals surface area contributed by atoms with Crippen LogP contribution in [0.15, 0.2) is 18.2 Å². The van der Waals surface area contributed by atoms with Crippen molar-refractivity contribution in [1.29, 1.82) is 0 Å². The molecule has 0 radical (unpaired) electrons. The molecule has 7 heteroatoms. The Morgan fingerprint density at radius 1 is 1.46 bits per heavy atom. The van der Waals surface area contributed by atoms with Crippen LogP contribution in [-0.2, 0) is 14.4 Å². The van der Waals surface area contributed by atoms with E-state index in [0.717, 1.165) is 5.56 Å². The zero-order valence-electron chi connectivity index (χ0n) is 14.0. The lowest BCUT2D eigenvalue weighted by Gasteiger charge is -2.20. The van der Waals surface area contributed by atoms with Gasteiger partial charge in [0.15, 0.2) is 0 Å². The number of nitrogens with one attached hydrogen (secondary N) is 1. The van der Waals surface area contributed by atoms with Crippen LogP contribution in [0.5, 0.6) is 5.75 Å². The van der Waals surface area contributed by atoms with Gasteiger partial charge in [-0.1, -0.05) is 13.0 Å². The number of aryl methyl sites for hydroxylation is 1. The second-order valence-electron chi connectivity index (χ2n) is 5.89. The molecule has 1 fully saturated rings. The maximum absolute atomic E-state index is 12.3. The smallest absolute Gasteiger partial charge is 0.326 e. The zero-order chi connectivity index (χ0) is 17.9. The molecule has 0 bridgehead atoms. The van der Waals surface area contributed by atoms with E-state index in [9.17, 15) is 14.4 Å². The van der Waals surface area contributed by atoms with Gasteiger partial charge in [0.25, 0.3) is 0 Å². The highest BCUT2D eigenvalue weighted by Gasteiger charge is 2.37. The molecular weight excluding hydrogens is 312 g/mol. The molecule has 1 aliphatic heterocycles. The lowest BCUT2D eigenvalue weighted by Crippen LogP contribution is -2.43. The first-order chi connectivity index (χ1) is 11.4. The fraction of sp³-hybridized carbons (Fsp3) is 0.471. The largest absolute Gasteiger partial charge is 0.495 e. The highest BCUT2D eigenvalue weighted by Crippen LogP contribution is 2.33. The Bertz CT molecular complexity index is 658. The van der Waals surface area contributed by atoms with E-state index >= 15 is 0 Å². The van der Waals surface area contributed by atoms with Crippen LogP contribution < -0.4 is 15.0 Å². The van der Waals surface area contributed by atoms with E-state index in [-0.39, 0.29) is 25.3 Å². The number of anilines is 1. The second-order valence-corrected chi connectivity index (χ2v) is 5.89. The average Bonchev–Trinajstić information content (AvgIpc) is 2.93. The van der Waals surface area contributed by atoms with Crippen molar-refractivity contribution in [2.24, 2.45) is 5.92 Å². The Kier molecular flexibility index (Phi) is 5.43. The number of carbonyl (C=O) groups excluding carboxylic acids is 2. The zero-order valence-corrected chi connectivity index (χ0v) is 14.0. The van der Waals surface area contributed by atoms with Gasteiger partial charge in [0, 0.05) is 13.0 Å². The number of rotatable bonds is 6. The fourth-order valence-corrected chi connectivity index (χ4v) is 2.75. The lowest BCUT2D eigenvalue weighted by atomic mass is 10.1. The number of carbonyl (C=O) groups is 3. The third kappa shape index (κ3) is 3.67. The van der Waals surface area contributed by atoms with Crippen molar-refractivity contribution in [3.8, 4) is 5.75 Å². The fourth-order valence-electron chi connectivity index (χ4n) is 2.75. The van der Waals surface area contributed by atoms with Crippen LogP contribution in [0.2, 0.25) is 0 Å². The third-order valence-corrected chi connectivity index (χ3v) is 4.14. The molecule has 2 amide bonds. The summed E-state index contributed by atoms with van der Waals surface area (Å²) >= 11 is 0. The molecule has 1 saturated heterocycles. The van der Waals surface area contributed by atoms with Crippen molar-refractivity contribution in [3.63, 3.8) is 0 Å². The van der Waals surface area contributed by atoms with Crippen LogP contribution in [0.1, 0.15) is 25.3 Å². The SMILES string of the molecule is CC[C@H](NC(=O)[C@H]1CC(=O)N(c2cc(C)ccc2OC)C1)C(=O)O. The van der Waals surface area contributed by atoms with Gasteiger partial charge in [0.2, 0.25) is 11.8 Å². The van der Waals surface area contributed by atoms with Gasteiger partial charge in [-0.05, 0) is 31.0 Å². The van der Waals surface area contributed by atoms with Crippen LogP contribution in [0, 0.1) is 12.8 Å². The molecule has 0 aliphatic carbocycles. The molecule has 1 aromatic rings. The molecule has 1 aliphatic rings. The molecule has 0 saturated carbocycles. The van der Waals surface area contributed by atoms with Crippen molar-refractivity contribution < 1.29 is 24.2 Å². The van der Waals surface area contributed by atoms with Gasteiger partial charge in [-0.3, -0.25) is 9.59 Å². The minimum absolute atomic E-state index is 0.0545. The second kappa shape index (κ2) is 7.33. The van der Waals surface area contributed by atoms with Crippen LogP contribution in [0.3, 0.4) is 0 Å². The lowest BCUT2D eigenvalue weighted by molar-refractivity contribution is -0.142. The number of carboxylic acids is 1. The number of ether oxygens (including phenoxy) is 1. The van der Waals surface area contributed by atoms with Crippen molar-refractivity contribution >= 4 is 23.5 Å². The predicted molar refractivity (Wildman–Crippen MR) is 88.0 cm³/mol. The molecule has 130 valence electrons. The molecule has 24 heavy (non-hydrogen) atoms. The highest BCUT2D eigenvalue weighted by molar-refractivity contribution is 6.01. The summed E-state index contributed by atoms with van der Waals surface area (Å²) in [7, 11) is 1.53. The number of hydrogen-bond donors (Lipinski definition) is 2. The monoisotopic (exact) mass is 334 g/mol. The summed E-state index contributed by atoms with van der Waals surface area (Å²) in [5.74, 6) is -1.68. The molecule has 0 aromatic heterocycles. The molecule has 7 nitrogen and oxygen atoms in total. The molecule has 1 heterocycles. The number of methoxy groups -OCH3 is 1. The Hall–Kier alpha value is -2.57. The van der Waals surface area contributed by atoms with E-state index in [1.54, 1.807) is 13.0 Å². The maximum Gasteiger partial charge on any atom is 0.326 e. The normalized spacial score (nSPS) is 18.4. The summed E-state index contributed by atoms with van der Waals surface area (Å²) in [5.41, 5.74) is 1.60. The number of hydrogen-bond acceptors (Lipinski definition) is 4. The van der Waals surface area contributed by atoms with Crippen molar-refractivity contribution in [2.45, 2.75) is 32.7 Å². The molecule has 2 N–H and O–H groups in total. The summed E-state index contributed by atoms with van der Waals surface area (Å²) in [4.78, 5) is 37.2. The first kappa shape index (κ1) is 17.8. The Balaban J connectivity index is 2.15. The van der Waals surface area contributed by atoms with E-state index in [1.165, 1.54) is 12.0 Å². The van der Waals surface area contributed by atoms with Gasteiger partial charge in [-0.15, -0.1) is 0 Å². The molecular formula is C17H22N2O5. The maximum atomic E-state index is 12.3. The molecule has 2 atom stereocenters. The van der Waals surface area contributed by atoms with Gasteiger partial charge in [-0.25, -0.2) is 4.79 Å². The Labute approximate surface area is 140 Å². The highest BCUT2D eigenvalue weighted by atomic mass is 16.5. The molecule has 2 rings (SSSR count). The van der Waals surface area contributed by atoms with Crippen LogP contribution in [0.4, 0.5) is 5.69 Å². The molecule has 0 spiro atoms. The van der Waals surface area contributed by atoms with Crippen LogP contribution in [0.25, 0.3) is 0 Å². The van der Waals surface area contributed by atoms with Gasteiger partial charge in [0.1, 0.15) is 11.8 Å². The van der Waals surface area contributed by atoms with Gasteiger partial charge in [-0.2, -0.15) is 0 Å². The first-order valence-corrected chi connectivity index (χ1v) is 7.85. The van der Waals surface area contributed by atoms with E-state index in [1.807, 2.05) is 19.1 Å². The molecule has 1 aromatic carbocycles. The number of nitrogens with zero attached hydrogens (tertiary/aromatic N) is 1. The quantitative estimate of drug-likeness (QED) is 0.818. The Morgan fingerprint density at radius 3 is 2.75 bits per heavy atom. The number of benzene rings is 1. The summed E-state index contributed by atoms with van der Waals surface area (Å²) in [6.07, 6.45) is 0.343. The van der Waals surface area contributed by atoms with Crippen LogP contribution in [-0.4, -0.2) is 42.6 Å². The third-order valence-electron chi connectivity index (χ3n) is 4.14. The summed E-state index contributed by atoms with van der Waals surface area (Å²) < 4.78 is 5.30. The number of amides is 2. The van der Waals surface area contributed by atoms with Crippen molar-refractivity contribution in [1.82, 2.24) is 5.32 Å². The van der Waals surface area contributed by atoms with Crippen molar-refractivity contribution in [2.75, 3.05) is 18.6 Å². The van der Waals surface area contributed by atoms with E-state index < -0.39 is 23.8 Å². The summed E-state index contributed by atoms with van der Waals surface area (Å²) in [5, 5.41) is 11.5. The van der Waals surface area contributed by atoms with Gasteiger partial charge >= 0.3 is 5.97 Å². The number of carboxylic acid groups (broad SMARTS) is 1. The first-order valence-electron chi connectivity index (χ1n) is 7.85. The van der Waals surface area contributed by atoms with E-state index in [0.29, 0.717) is 11.4 Å². The van der Waals surface area contributed by atoms with Crippen molar-refractivity contribution in [3.05, 3.63) is 23.8 Å². The Morgan fingerprint density at radius 2 is 2.17 bits per heavy atom. The topological polar surface area (TPSA) is 95.9 Å². The minimum Gasteiger partial charge on any atom is -0.495 e. The van der Waals surface area contributed by atoms with Gasteiger partial charge < -0.3 is 20.1 Å². The van der Waals surface area contributed by atoms with E-state index in [2.05, 4.69) is 5.32 Å². The number of aliphatic carboxylic acids is 1. The van der Waals surface area contributed by atoms with Gasteiger partial charge in [0.05, 0.1) is 18.7 Å². The van der Waals surface area contributed by atoms with Crippen LogP contribution >= 0.6 is 0 Å². The predicted octanol–water partition coefficient (Wildman–Crippen LogP) is 1.34. The minimum atomic E-state index is -1.08. The molecule has 0 unspecified atom stereocenters. The summed E-state index contributed by atoms with van der Waals surface area (Å²) in [6.45, 7) is 3.80.